The predicted octanol–water partition coefficient (Wildman–Crippen LogP) is -0.270. The molecule has 0 radical (unpaired) electrons. The van der Waals surface area contributed by atoms with Crippen LogP contribution in [0.15, 0.2) is 12.4 Å². The molecule has 0 bridgehead atoms. The topological polar surface area (TPSA) is 88.9 Å². The van der Waals surface area contributed by atoms with Crippen molar-refractivity contribution in [3.8, 4) is 0 Å². The van der Waals surface area contributed by atoms with E-state index in [1.807, 2.05) is 0 Å². The summed E-state index contributed by atoms with van der Waals surface area (Å²) in [7, 11) is -3.19. The number of nitrogens with zero attached hydrogens (tertiary/aromatic N) is 3. The van der Waals surface area contributed by atoms with E-state index in [9.17, 15) is 8.42 Å². The maximum atomic E-state index is 11.8. The highest BCUT2D eigenvalue weighted by Crippen LogP contribution is 2.10. The molecule has 1 unspecified atom stereocenters. The highest BCUT2D eigenvalue weighted by atomic mass is 32.2. The van der Waals surface area contributed by atoms with Gasteiger partial charge in [0.05, 0.1) is 18.5 Å². The number of piperidine rings is 1. The van der Waals surface area contributed by atoms with E-state index in [2.05, 4.69) is 20.4 Å². The quantitative estimate of drug-likeness (QED) is 0.720. The van der Waals surface area contributed by atoms with Crippen molar-refractivity contribution >= 4 is 10.0 Å². The monoisotopic (exact) mass is 287 g/mol. The molecule has 2 N–H and O–H groups in total. The first kappa shape index (κ1) is 14.4. The van der Waals surface area contributed by atoms with Gasteiger partial charge in [0.1, 0.15) is 0 Å². The molecule has 2 rings (SSSR count). The molecule has 0 saturated carbocycles. The smallest absolute Gasteiger partial charge is 0.211 e. The second-order valence-corrected chi connectivity index (χ2v) is 6.74. The van der Waals surface area contributed by atoms with Crippen molar-refractivity contribution in [2.75, 3.05) is 18.8 Å². The first-order chi connectivity index (χ1) is 9.16. The fourth-order valence-electron chi connectivity index (χ4n) is 2.21. The molecule has 7 nitrogen and oxygen atoms in total. The standard InChI is InChI=1S/C11H21N5O2S/c17-19(18,10-4-11-3-1-2-5-12-11)14-7-9-16-8-6-13-15-16/h6,8,11-12,14H,1-5,7,9-10H2. The number of rotatable bonds is 7. The maximum absolute atomic E-state index is 11.8. The van der Waals surface area contributed by atoms with Crippen LogP contribution in [0.3, 0.4) is 0 Å². The van der Waals surface area contributed by atoms with Gasteiger partial charge in [-0.05, 0) is 25.8 Å². The average molecular weight is 287 g/mol. The Morgan fingerprint density at radius 3 is 3.00 bits per heavy atom. The van der Waals surface area contributed by atoms with E-state index < -0.39 is 10.0 Å². The van der Waals surface area contributed by atoms with Crippen molar-refractivity contribution in [2.24, 2.45) is 0 Å². The van der Waals surface area contributed by atoms with Crippen LogP contribution in [0.2, 0.25) is 0 Å². The lowest BCUT2D eigenvalue weighted by Gasteiger charge is -2.23. The minimum absolute atomic E-state index is 0.183. The minimum atomic E-state index is -3.19. The lowest BCUT2D eigenvalue weighted by molar-refractivity contribution is 0.392. The first-order valence-electron chi connectivity index (χ1n) is 6.70. The van der Waals surface area contributed by atoms with Crippen LogP contribution in [0.1, 0.15) is 25.7 Å². The lowest BCUT2D eigenvalue weighted by Crippen LogP contribution is -2.37. The maximum Gasteiger partial charge on any atom is 0.211 e. The fourth-order valence-corrected chi connectivity index (χ4v) is 3.35. The van der Waals surface area contributed by atoms with Crippen LogP contribution in [0.4, 0.5) is 0 Å². The van der Waals surface area contributed by atoms with Gasteiger partial charge in [-0.3, -0.25) is 4.68 Å². The SMILES string of the molecule is O=S(=O)(CCC1CCCCN1)NCCn1ccnn1. The van der Waals surface area contributed by atoms with E-state index >= 15 is 0 Å². The summed E-state index contributed by atoms with van der Waals surface area (Å²) < 4.78 is 27.8. The van der Waals surface area contributed by atoms with Crippen LogP contribution >= 0.6 is 0 Å². The highest BCUT2D eigenvalue weighted by Gasteiger charge is 2.16. The number of hydrogen-bond donors (Lipinski definition) is 2. The van der Waals surface area contributed by atoms with Crippen molar-refractivity contribution in [3.63, 3.8) is 0 Å². The third-order valence-corrected chi connectivity index (χ3v) is 4.70. The molecule has 2 heterocycles. The van der Waals surface area contributed by atoms with Gasteiger partial charge in [0, 0.05) is 18.8 Å². The number of sulfonamides is 1. The van der Waals surface area contributed by atoms with Gasteiger partial charge in [0.25, 0.3) is 0 Å². The van der Waals surface area contributed by atoms with E-state index in [1.54, 1.807) is 17.1 Å². The Bertz CT molecular complexity index is 453. The van der Waals surface area contributed by atoms with Crippen LogP contribution in [0.25, 0.3) is 0 Å². The third-order valence-electron chi connectivity index (χ3n) is 3.28. The third kappa shape index (κ3) is 5.25. The summed E-state index contributed by atoms with van der Waals surface area (Å²) in [6.07, 6.45) is 7.42. The minimum Gasteiger partial charge on any atom is -0.314 e. The van der Waals surface area contributed by atoms with Crippen LogP contribution in [0, 0.1) is 0 Å². The molecule has 1 aromatic rings. The van der Waals surface area contributed by atoms with Gasteiger partial charge in [0.15, 0.2) is 0 Å². The normalized spacial score (nSPS) is 20.5. The predicted molar refractivity (Wildman–Crippen MR) is 72.1 cm³/mol. The van der Waals surface area contributed by atoms with Gasteiger partial charge < -0.3 is 5.32 Å². The highest BCUT2D eigenvalue weighted by molar-refractivity contribution is 7.89. The summed E-state index contributed by atoms with van der Waals surface area (Å²) in [6, 6.07) is 0.348. The molecule has 0 aromatic carbocycles. The summed E-state index contributed by atoms with van der Waals surface area (Å²) in [6.45, 7) is 1.86. The fraction of sp³-hybridized carbons (Fsp3) is 0.818. The van der Waals surface area contributed by atoms with Gasteiger partial charge in [0.2, 0.25) is 10.0 Å². The molecule has 1 aliphatic rings. The Kier molecular flexibility index (Phi) is 5.29. The number of hydrogen-bond acceptors (Lipinski definition) is 5. The molecule has 0 spiro atoms. The van der Waals surface area contributed by atoms with Crippen molar-refractivity contribution in [1.82, 2.24) is 25.0 Å². The Balaban J connectivity index is 1.66. The van der Waals surface area contributed by atoms with Gasteiger partial charge in [-0.1, -0.05) is 11.6 Å². The Hall–Kier alpha value is -0.990. The van der Waals surface area contributed by atoms with E-state index in [-0.39, 0.29) is 5.75 Å². The van der Waals surface area contributed by atoms with E-state index in [4.69, 9.17) is 0 Å². The van der Waals surface area contributed by atoms with Gasteiger partial charge in [-0.2, -0.15) is 0 Å². The van der Waals surface area contributed by atoms with E-state index in [0.717, 1.165) is 13.0 Å². The Morgan fingerprint density at radius 2 is 2.32 bits per heavy atom. The molecule has 1 saturated heterocycles. The summed E-state index contributed by atoms with van der Waals surface area (Å²) >= 11 is 0. The van der Waals surface area contributed by atoms with Crippen LogP contribution in [-0.4, -0.2) is 48.3 Å². The zero-order chi connectivity index (χ0) is 13.6. The second-order valence-electron chi connectivity index (χ2n) is 4.81. The molecular formula is C11H21N5O2S. The number of nitrogens with one attached hydrogen (secondary N) is 2. The summed E-state index contributed by atoms with van der Waals surface area (Å²) in [5.41, 5.74) is 0. The lowest BCUT2D eigenvalue weighted by atomic mass is 10.0. The molecule has 1 atom stereocenters. The van der Waals surface area contributed by atoms with Gasteiger partial charge in [-0.15, -0.1) is 5.10 Å². The van der Waals surface area contributed by atoms with Crippen molar-refractivity contribution in [2.45, 2.75) is 38.3 Å². The second kappa shape index (κ2) is 6.97. The van der Waals surface area contributed by atoms with Crippen molar-refractivity contribution in [1.29, 1.82) is 0 Å². The molecule has 108 valence electrons. The van der Waals surface area contributed by atoms with Gasteiger partial charge >= 0.3 is 0 Å². The first-order valence-corrected chi connectivity index (χ1v) is 8.36. The molecule has 19 heavy (non-hydrogen) atoms. The number of aromatic nitrogens is 3. The van der Waals surface area contributed by atoms with Crippen LogP contribution < -0.4 is 10.0 Å². The summed E-state index contributed by atoms with van der Waals surface area (Å²) in [5.74, 6) is 0.183. The van der Waals surface area contributed by atoms with Gasteiger partial charge in [-0.25, -0.2) is 13.1 Å². The average Bonchev–Trinajstić information content (AvgIpc) is 2.91. The summed E-state index contributed by atoms with van der Waals surface area (Å²) in [5, 5.41) is 10.8. The molecule has 8 heteroatoms. The Labute approximate surface area is 113 Å². The summed E-state index contributed by atoms with van der Waals surface area (Å²) in [4.78, 5) is 0. The molecule has 1 fully saturated rings. The van der Waals surface area contributed by atoms with Crippen molar-refractivity contribution in [3.05, 3.63) is 12.4 Å². The largest absolute Gasteiger partial charge is 0.314 e. The van der Waals surface area contributed by atoms with Crippen molar-refractivity contribution < 1.29 is 8.42 Å². The van der Waals surface area contributed by atoms with Crippen LogP contribution in [0.5, 0.6) is 0 Å². The zero-order valence-electron chi connectivity index (χ0n) is 11.0. The molecular weight excluding hydrogens is 266 g/mol. The van der Waals surface area contributed by atoms with E-state index in [0.29, 0.717) is 25.6 Å². The van der Waals surface area contributed by atoms with Crippen LogP contribution in [-0.2, 0) is 16.6 Å². The molecule has 1 aliphatic heterocycles. The molecule has 1 aromatic heterocycles. The zero-order valence-corrected chi connectivity index (χ0v) is 11.8. The Morgan fingerprint density at radius 1 is 1.42 bits per heavy atom. The van der Waals surface area contributed by atoms with E-state index in [1.165, 1.54) is 12.8 Å². The molecule has 0 amide bonds. The molecule has 0 aliphatic carbocycles.